The second-order valence-electron chi connectivity index (χ2n) is 9.18. The van der Waals surface area contributed by atoms with Gasteiger partial charge in [0, 0.05) is 12.4 Å². The lowest BCUT2D eigenvalue weighted by Crippen LogP contribution is -2.45. The molecule has 0 radical (unpaired) electrons. The third-order valence-corrected chi connectivity index (χ3v) is 8.79. The molecule has 2 aliphatic heterocycles. The molecule has 4 heterocycles. The average molecular weight is 562 g/mol. The van der Waals surface area contributed by atoms with E-state index in [0.717, 1.165) is 35.5 Å². The van der Waals surface area contributed by atoms with Gasteiger partial charge in [-0.15, -0.1) is 22.7 Å². The summed E-state index contributed by atoms with van der Waals surface area (Å²) in [6, 6.07) is -1.14. The van der Waals surface area contributed by atoms with Crippen LogP contribution in [-0.4, -0.2) is 106 Å². The normalized spacial score (nSPS) is 19.9. The van der Waals surface area contributed by atoms with Gasteiger partial charge in [0.15, 0.2) is 23.2 Å². The molecule has 2 fully saturated rings. The van der Waals surface area contributed by atoms with E-state index in [1.807, 2.05) is 0 Å². The van der Waals surface area contributed by atoms with Gasteiger partial charge in [-0.1, -0.05) is 0 Å². The van der Waals surface area contributed by atoms with Gasteiger partial charge in [-0.3, -0.25) is 19.2 Å². The Morgan fingerprint density at radius 3 is 1.61 bits per heavy atom. The Balaban J connectivity index is 1.28. The summed E-state index contributed by atoms with van der Waals surface area (Å²) in [6.07, 6.45) is 5.62. The van der Waals surface area contributed by atoms with Gasteiger partial charge in [-0.05, 0) is 52.4 Å². The maximum atomic E-state index is 12.5. The van der Waals surface area contributed by atoms with Crippen LogP contribution in [0.5, 0.6) is 0 Å². The highest BCUT2D eigenvalue weighted by atomic mass is 32.1. The summed E-state index contributed by atoms with van der Waals surface area (Å²) in [5.41, 5.74) is 0. The van der Waals surface area contributed by atoms with Gasteiger partial charge in [-0.2, -0.15) is 0 Å². The molecule has 0 unspecified atom stereocenters. The number of carbonyl (C=O) groups is 4. The van der Waals surface area contributed by atoms with Crippen molar-refractivity contribution in [3.63, 3.8) is 0 Å². The third-order valence-electron chi connectivity index (χ3n) is 6.51. The molecule has 2 N–H and O–H groups in total. The molecule has 2 atom stereocenters. The first kappa shape index (κ1) is 28.5. The van der Waals surface area contributed by atoms with Crippen LogP contribution in [0.1, 0.15) is 45.3 Å². The number of esters is 2. The molecule has 202 valence electrons. The molecule has 38 heavy (non-hydrogen) atoms. The number of carbonyl (C=O) groups excluding carboxylic acids is 4. The summed E-state index contributed by atoms with van der Waals surface area (Å²) in [5.74, 6) is -2.01. The molecule has 2 aromatic heterocycles. The summed E-state index contributed by atoms with van der Waals surface area (Å²) >= 11 is 2.18. The number of thiazole rings is 2. The minimum absolute atomic E-state index is 0.154. The number of aromatic nitrogens is 2. The van der Waals surface area contributed by atoms with Crippen LogP contribution in [-0.2, 0) is 19.1 Å². The smallest absolute Gasteiger partial charge is 0.377 e. The first-order chi connectivity index (χ1) is 18.2. The summed E-state index contributed by atoms with van der Waals surface area (Å²) in [7, 11) is -1.55. The van der Waals surface area contributed by atoms with Crippen molar-refractivity contribution in [2.75, 3.05) is 26.3 Å². The van der Waals surface area contributed by atoms with Crippen molar-refractivity contribution in [3.05, 3.63) is 22.4 Å². The molecule has 4 rings (SSSR count). The Morgan fingerprint density at radius 2 is 1.24 bits per heavy atom. The van der Waals surface area contributed by atoms with Gasteiger partial charge >= 0.3 is 26.0 Å². The zero-order valence-electron chi connectivity index (χ0n) is 21.1. The zero-order valence-corrected chi connectivity index (χ0v) is 22.7. The molecule has 0 aliphatic carbocycles. The van der Waals surface area contributed by atoms with E-state index in [-0.39, 0.29) is 10.0 Å². The van der Waals surface area contributed by atoms with Crippen LogP contribution in [0.2, 0.25) is 13.6 Å². The number of ether oxygens (including phenoxy) is 2. The van der Waals surface area contributed by atoms with Crippen molar-refractivity contribution < 1.29 is 38.7 Å². The highest BCUT2D eigenvalue weighted by Gasteiger charge is 2.37. The van der Waals surface area contributed by atoms with Crippen LogP contribution in [0.4, 0.5) is 0 Å². The predicted molar refractivity (Wildman–Crippen MR) is 141 cm³/mol. The lowest BCUT2D eigenvalue weighted by molar-refractivity contribution is -0.147. The fourth-order valence-corrected chi connectivity index (χ4v) is 6.34. The SMILES string of the molecule is CB(O)N1CCC[C@H]1C(=O)OCC(=O)c1ncc(-c2cnc(C(=O)COC(=O)[C@@H]3CCCN3B(C)O)s2)s1. The van der Waals surface area contributed by atoms with Crippen LogP contribution in [0.3, 0.4) is 0 Å². The molecule has 0 amide bonds. The second-order valence-corrected chi connectivity index (χ2v) is 11.2. The second kappa shape index (κ2) is 12.6. The number of rotatable bonds is 11. The van der Waals surface area contributed by atoms with E-state index >= 15 is 0 Å². The van der Waals surface area contributed by atoms with Gasteiger partial charge in [0.2, 0.25) is 11.6 Å². The van der Waals surface area contributed by atoms with E-state index in [4.69, 9.17) is 9.47 Å². The Morgan fingerprint density at radius 1 is 0.842 bits per heavy atom. The monoisotopic (exact) mass is 562 g/mol. The molecule has 16 heteroatoms. The zero-order chi connectivity index (χ0) is 27.4. The van der Waals surface area contributed by atoms with E-state index in [2.05, 4.69) is 9.97 Å². The van der Waals surface area contributed by atoms with E-state index in [0.29, 0.717) is 35.7 Å². The highest BCUT2D eigenvalue weighted by Crippen LogP contribution is 2.31. The molecule has 0 saturated carbocycles. The molecule has 2 saturated heterocycles. The van der Waals surface area contributed by atoms with E-state index in [1.54, 1.807) is 23.3 Å². The third kappa shape index (κ3) is 6.55. The van der Waals surface area contributed by atoms with Crippen LogP contribution in [0, 0.1) is 0 Å². The van der Waals surface area contributed by atoms with Crippen molar-refractivity contribution in [2.24, 2.45) is 0 Å². The average Bonchev–Trinajstić information content (AvgIpc) is 3.69. The van der Waals surface area contributed by atoms with E-state index in [1.165, 1.54) is 12.4 Å². The summed E-state index contributed by atoms with van der Waals surface area (Å²) in [5, 5.41) is 19.9. The van der Waals surface area contributed by atoms with Crippen molar-refractivity contribution in [3.8, 4) is 9.75 Å². The van der Waals surface area contributed by atoms with Crippen LogP contribution in [0.25, 0.3) is 9.75 Å². The molecule has 0 spiro atoms. The molecule has 0 bridgehead atoms. The van der Waals surface area contributed by atoms with Crippen molar-refractivity contribution in [2.45, 2.75) is 51.4 Å². The largest absolute Gasteiger partial charge is 0.456 e. The fraction of sp³-hybridized carbons (Fsp3) is 0.545. The topological polar surface area (TPSA) is 159 Å². The summed E-state index contributed by atoms with van der Waals surface area (Å²) in [4.78, 5) is 62.6. The maximum absolute atomic E-state index is 12.5. The molecular weight excluding hydrogens is 534 g/mol. The lowest BCUT2D eigenvalue weighted by atomic mass is 9.84. The van der Waals surface area contributed by atoms with Gasteiger partial charge in [0.1, 0.15) is 12.1 Å². The summed E-state index contributed by atoms with van der Waals surface area (Å²) < 4.78 is 10.4. The molecule has 12 nitrogen and oxygen atoms in total. The van der Waals surface area contributed by atoms with Crippen LogP contribution in [0.15, 0.2) is 12.4 Å². The number of hydrogen-bond donors (Lipinski definition) is 2. The molecule has 0 aromatic carbocycles. The Kier molecular flexibility index (Phi) is 9.44. The van der Waals surface area contributed by atoms with Gasteiger partial charge in [0.25, 0.3) is 0 Å². The van der Waals surface area contributed by atoms with Crippen molar-refractivity contribution >= 4 is 60.3 Å². The Hall–Kier alpha value is -2.49. The number of nitrogens with zero attached hydrogens (tertiary/aromatic N) is 4. The first-order valence-electron chi connectivity index (χ1n) is 12.3. The lowest BCUT2D eigenvalue weighted by Gasteiger charge is -2.23. The van der Waals surface area contributed by atoms with Gasteiger partial charge < -0.3 is 29.1 Å². The van der Waals surface area contributed by atoms with Gasteiger partial charge in [-0.25, -0.2) is 9.97 Å². The molecular formula is C22H28B2N4O8S2. The predicted octanol–water partition coefficient (Wildman–Crippen LogP) is 0.868. The number of hydrogen-bond acceptors (Lipinski definition) is 14. The quantitative estimate of drug-likeness (QED) is 0.226. The Bertz CT molecular complexity index is 1100. The highest BCUT2D eigenvalue weighted by molar-refractivity contribution is 7.23. The molecule has 2 aliphatic rings. The maximum Gasteiger partial charge on any atom is 0.377 e. The van der Waals surface area contributed by atoms with Crippen LogP contribution < -0.4 is 0 Å². The van der Waals surface area contributed by atoms with Gasteiger partial charge in [0.05, 0.1) is 9.75 Å². The standard InChI is InChI=1S/C22H28B2N4O8S2/c1-23(33)27-7-3-5-13(27)21(31)35-11-15(29)19-25-9-17(37-19)18-10-26-20(38-18)16(30)12-36-22(32)14-6-4-8-28(14)24(2)34/h9-10,13-14,33-34H,3-8,11-12H2,1-2H3/t13-,14-/m0/s1. The van der Waals surface area contributed by atoms with Crippen LogP contribution >= 0.6 is 22.7 Å². The van der Waals surface area contributed by atoms with E-state index < -0.39 is 62.9 Å². The van der Waals surface area contributed by atoms with Crippen molar-refractivity contribution in [1.29, 1.82) is 0 Å². The number of ketones is 2. The molecule has 2 aromatic rings. The van der Waals surface area contributed by atoms with E-state index in [9.17, 15) is 29.2 Å². The Labute approximate surface area is 228 Å². The minimum atomic E-state index is -0.775. The summed E-state index contributed by atoms with van der Waals surface area (Å²) in [6.45, 7) is 3.43. The minimum Gasteiger partial charge on any atom is -0.456 e. The number of Topliss-reactive ketones (excluding diaryl/α,β-unsaturated/α-hetero) is 2. The fourth-order valence-electron chi connectivity index (χ4n) is 4.60. The van der Waals surface area contributed by atoms with Crippen molar-refractivity contribution in [1.82, 2.24) is 19.6 Å². The first-order valence-corrected chi connectivity index (χ1v) is 14.0.